The summed E-state index contributed by atoms with van der Waals surface area (Å²) in [7, 11) is -2.76. The van der Waals surface area contributed by atoms with Crippen molar-refractivity contribution in [1.82, 2.24) is 14.9 Å². The summed E-state index contributed by atoms with van der Waals surface area (Å²) in [6.45, 7) is 10.4. The molecular formula is C34H42N4O6S. The highest BCUT2D eigenvalue weighted by Gasteiger charge is 2.38. The van der Waals surface area contributed by atoms with E-state index in [4.69, 9.17) is 9.47 Å². The molecule has 4 bridgehead atoms. The molecule has 2 heterocycles. The molecule has 0 spiro atoms. The Morgan fingerprint density at radius 3 is 2.33 bits per heavy atom. The number of hydrogen-bond donors (Lipinski definition) is 1. The van der Waals surface area contributed by atoms with Gasteiger partial charge >= 0.3 is 5.97 Å². The van der Waals surface area contributed by atoms with E-state index >= 15 is 0 Å². The number of fused-ring (bicyclic) bond motifs is 4. The Morgan fingerprint density at radius 1 is 1.02 bits per heavy atom. The normalized spacial score (nSPS) is 21.8. The number of hydrogen-bond acceptors (Lipinski definition) is 8. The van der Waals surface area contributed by atoms with Gasteiger partial charge in [0.15, 0.2) is 0 Å². The van der Waals surface area contributed by atoms with Crippen LogP contribution in [0.3, 0.4) is 0 Å². The van der Waals surface area contributed by atoms with Gasteiger partial charge in [0.1, 0.15) is 6.61 Å². The van der Waals surface area contributed by atoms with E-state index < -0.39 is 10.0 Å². The SMILES string of the molecule is COC(=O)C1CCC(N2C(=O)c3cccc(c3)S(=O)(=O)Nc3nc(cc(-c4c(C)cccc4C)n3)OC[C@H]2CC(C)(C)C)CC1. The highest BCUT2D eigenvalue weighted by Crippen LogP contribution is 2.35. The first kappa shape index (κ1) is 32.4. The van der Waals surface area contributed by atoms with Crippen molar-refractivity contribution >= 4 is 27.8 Å². The molecule has 45 heavy (non-hydrogen) atoms. The van der Waals surface area contributed by atoms with Gasteiger partial charge < -0.3 is 14.4 Å². The molecule has 0 radical (unpaired) electrons. The van der Waals surface area contributed by atoms with Gasteiger partial charge in [0, 0.05) is 23.2 Å². The lowest BCUT2D eigenvalue weighted by Gasteiger charge is -2.43. The number of anilines is 1. The summed E-state index contributed by atoms with van der Waals surface area (Å²) in [5.41, 5.74) is 3.43. The van der Waals surface area contributed by atoms with E-state index in [9.17, 15) is 18.0 Å². The van der Waals surface area contributed by atoms with Crippen molar-refractivity contribution in [2.45, 2.75) is 83.7 Å². The van der Waals surface area contributed by atoms with Crippen LogP contribution in [0.25, 0.3) is 11.3 Å². The van der Waals surface area contributed by atoms with Gasteiger partial charge in [-0.15, -0.1) is 0 Å². The molecule has 0 unspecified atom stereocenters. The minimum absolute atomic E-state index is 0.0714. The number of aryl methyl sites for hydroxylation is 2. The predicted molar refractivity (Wildman–Crippen MR) is 171 cm³/mol. The van der Waals surface area contributed by atoms with Crippen LogP contribution in [0.5, 0.6) is 5.88 Å². The molecule has 3 aromatic rings. The average molecular weight is 635 g/mol. The summed E-state index contributed by atoms with van der Waals surface area (Å²) < 4.78 is 41.1. The molecule has 1 saturated carbocycles. The van der Waals surface area contributed by atoms with E-state index in [-0.39, 0.29) is 64.2 Å². The van der Waals surface area contributed by atoms with Crippen LogP contribution in [0.4, 0.5) is 5.95 Å². The predicted octanol–water partition coefficient (Wildman–Crippen LogP) is 5.93. The fourth-order valence-electron chi connectivity index (χ4n) is 6.53. The Morgan fingerprint density at radius 2 is 1.69 bits per heavy atom. The van der Waals surface area contributed by atoms with Crippen LogP contribution < -0.4 is 9.46 Å². The van der Waals surface area contributed by atoms with Gasteiger partial charge in [0.2, 0.25) is 11.8 Å². The number of methoxy groups -OCH3 is 1. The number of ether oxygens (including phenoxy) is 2. The van der Waals surface area contributed by atoms with Crippen LogP contribution in [0, 0.1) is 25.2 Å². The number of carbonyl (C=O) groups excluding carboxylic acids is 2. The third-order valence-corrected chi connectivity index (χ3v) is 9.91. The lowest BCUT2D eigenvalue weighted by Crippen LogP contribution is -2.52. The number of sulfonamides is 1. The topological polar surface area (TPSA) is 128 Å². The molecule has 1 aliphatic heterocycles. The molecule has 0 saturated heterocycles. The number of carbonyl (C=O) groups is 2. The summed E-state index contributed by atoms with van der Waals surface area (Å²) >= 11 is 0. The van der Waals surface area contributed by atoms with E-state index in [2.05, 4.69) is 35.5 Å². The Bertz CT molecular complexity index is 1670. The minimum Gasteiger partial charge on any atom is -0.475 e. The zero-order valence-corrected chi connectivity index (χ0v) is 27.6. The smallest absolute Gasteiger partial charge is 0.308 e. The Kier molecular flexibility index (Phi) is 9.21. The molecule has 1 aromatic heterocycles. The lowest BCUT2D eigenvalue weighted by atomic mass is 9.82. The van der Waals surface area contributed by atoms with Gasteiger partial charge in [-0.25, -0.2) is 18.1 Å². The molecule has 1 amide bonds. The molecule has 11 heteroatoms. The molecule has 240 valence electrons. The molecule has 1 N–H and O–H groups in total. The largest absolute Gasteiger partial charge is 0.475 e. The Labute approximate surface area is 265 Å². The van der Waals surface area contributed by atoms with Gasteiger partial charge in [-0.3, -0.25) is 9.59 Å². The number of aromatic nitrogens is 2. The standard InChI is InChI=1S/C34H42N4O6S/c1-21-9-7-10-22(2)30(21)28-18-29-36-33(35-28)37-45(41,42)27-12-8-11-24(17-27)31(39)38(26(20-44-29)19-34(3,4)5)25-15-13-23(14-16-25)32(40)43-6/h7-12,17-18,23,25-26H,13-16,19-20H2,1-6H3,(H,35,36,37)/t23?,25?,26-/m1/s1. The number of nitrogens with one attached hydrogen (secondary N) is 1. The number of amides is 1. The van der Waals surface area contributed by atoms with E-state index in [0.29, 0.717) is 37.8 Å². The molecule has 5 rings (SSSR count). The van der Waals surface area contributed by atoms with Gasteiger partial charge in [-0.05, 0) is 80.7 Å². The van der Waals surface area contributed by atoms with Crippen molar-refractivity contribution in [3.8, 4) is 17.1 Å². The second-order valence-corrected chi connectivity index (χ2v) is 15.0. The third-order valence-electron chi connectivity index (χ3n) is 8.58. The highest BCUT2D eigenvalue weighted by molar-refractivity contribution is 7.92. The first-order valence-electron chi connectivity index (χ1n) is 15.4. The number of esters is 1. The Hall–Kier alpha value is -3.99. The van der Waals surface area contributed by atoms with Crippen LogP contribution in [0.2, 0.25) is 0 Å². The monoisotopic (exact) mass is 634 g/mol. The number of benzene rings is 2. The van der Waals surface area contributed by atoms with E-state index in [1.165, 1.54) is 19.2 Å². The number of nitrogens with zero attached hydrogens (tertiary/aromatic N) is 3. The summed E-state index contributed by atoms with van der Waals surface area (Å²) in [4.78, 5) is 37.6. The van der Waals surface area contributed by atoms with Crippen LogP contribution >= 0.6 is 0 Å². The zero-order chi connectivity index (χ0) is 32.5. The maximum Gasteiger partial charge on any atom is 0.308 e. The van der Waals surface area contributed by atoms with E-state index in [0.717, 1.165) is 16.7 Å². The van der Waals surface area contributed by atoms with Crippen molar-refractivity contribution in [3.63, 3.8) is 0 Å². The van der Waals surface area contributed by atoms with E-state index in [1.807, 2.05) is 36.9 Å². The van der Waals surface area contributed by atoms with Crippen molar-refractivity contribution in [2.75, 3.05) is 18.4 Å². The summed E-state index contributed by atoms with van der Waals surface area (Å²) in [5.74, 6) is -0.640. The molecule has 10 nitrogen and oxygen atoms in total. The summed E-state index contributed by atoms with van der Waals surface area (Å²) in [6, 6.07) is 13.1. The van der Waals surface area contributed by atoms with Crippen LogP contribution in [-0.2, 0) is 19.6 Å². The molecule has 2 aliphatic rings. The van der Waals surface area contributed by atoms with Crippen molar-refractivity contribution < 1.29 is 27.5 Å². The second-order valence-electron chi connectivity index (χ2n) is 13.3. The summed E-state index contributed by atoms with van der Waals surface area (Å²) in [6.07, 6.45) is 3.03. The van der Waals surface area contributed by atoms with Crippen LogP contribution in [0.1, 0.15) is 74.4 Å². The quantitative estimate of drug-likeness (QED) is 0.350. The molecule has 1 aliphatic carbocycles. The maximum atomic E-state index is 14.4. The highest BCUT2D eigenvalue weighted by atomic mass is 32.2. The van der Waals surface area contributed by atoms with Crippen molar-refractivity contribution in [2.24, 2.45) is 11.3 Å². The Balaban J connectivity index is 1.64. The van der Waals surface area contributed by atoms with Gasteiger partial charge in [0.05, 0.1) is 29.7 Å². The van der Waals surface area contributed by atoms with Crippen LogP contribution in [0.15, 0.2) is 53.4 Å². The fraction of sp³-hybridized carbons (Fsp3) is 0.471. The van der Waals surface area contributed by atoms with E-state index in [1.54, 1.807) is 18.2 Å². The van der Waals surface area contributed by atoms with Crippen molar-refractivity contribution in [1.29, 1.82) is 0 Å². The summed E-state index contributed by atoms with van der Waals surface area (Å²) in [5, 5.41) is 0. The first-order valence-corrected chi connectivity index (χ1v) is 16.9. The molecular weight excluding hydrogens is 592 g/mol. The zero-order valence-electron chi connectivity index (χ0n) is 26.8. The van der Waals surface area contributed by atoms with Gasteiger partial charge in [-0.1, -0.05) is 45.0 Å². The fourth-order valence-corrected chi connectivity index (χ4v) is 7.52. The third kappa shape index (κ3) is 7.30. The van der Waals surface area contributed by atoms with Crippen molar-refractivity contribution in [3.05, 3.63) is 65.2 Å². The van der Waals surface area contributed by atoms with Crippen LogP contribution in [-0.4, -0.2) is 61.0 Å². The van der Waals surface area contributed by atoms with Gasteiger partial charge in [-0.2, -0.15) is 4.98 Å². The lowest BCUT2D eigenvalue weighted by molar-refractivity contribution is -0.146. The average Bonchev–Trinajstić information content (AvgIpc) is 2.98. The van der Waals surface area contributed by atoms with Gasteiger partial charge in [0.25, 0.3) is 15.9 Å². The second kappa shape index (κ2) is 12.8. The maximum absolute atomic E-state index is 14.4. The molecule has 1 fully saturated rings. The first-order chi connectivity index (χ1) is 21.3. The number of rotatable bonds is 4. The molecule has 1 atom stereocenters. The minimum atomic E-state index is -4.16. The molecule has 2 aromatic carbocycles.